The number of nitrogen functional groups attached to an aromatic ring is 1. The van der Waals surface area contributed by atoms with E-state index in [2.05, 4.69) is 0 Å². The van der Waals surface area contributed by atoms with Crippen molar-refractivity contribution in [3.63, 3.8) is 0 Å². The van der Waals surface area contributed by atoms with Crippen LogP contribution in [0.1, 0.15) is 22.8 Å². The van der Waals surface area contributed by atoms with Crippen molar-refractivity contribution in [1.29, 1.82) is 0 Å². The van der Waals surface area contributed by atoms with Gasteiger partial charge in [0, 0.05) is 11.3 Å². The van der Waals surface area contributed by atoms with Gasteiger partial charge in [0.15, 0.2) is 5.78 Å². The van der Waals surface area contributed by atoms with Crippen molar-refractivity contribution in [3.05, 3.63) is 29.3 Å². The van der Waals surface area contributed by atoms with Gasteiger partial charge in [-0.1, -0.05) is 12.1 Å². The van der Waals surface area contributed by atoms with Crippen LogP contribution in [0.3, 0.4) is 0 Å². The van der Waals surface area contributed by atoms with Crippen LogP contribution in [0.2, 0.25) is 0 Å². The molecule has 1 aromatic rings. The predicted molar refractivity (Wildman–Crippen MR) is 52.2 cm³/mol. The molecule has 0 aliphatic carbocycles. The molecule has 0 unspecified atom stereocenters. The van der Waals surface area contributed by atoms with Gasteiger partial charge >= 0.3 is 5.97 Å². The van der Waals surface area contributed by atoms with E-state index in [1.165, 1.54) is 13.0 Å². The fraction of sp³-hybridized carbons (Fsp3) is 0.200. The number of anilines is 1. The molecular formula is C10H11NO3. The Labute approximate surface area is 81.3 Å². The fourth-order valence-electron chi connectivity index (χ4n) is 1.14. The molecule has 0 bridgehead atoms. The Balaban J connectivity index is 3.01. The first-order valence-corrected chi connectivity index (χ1v) is 4.12. The van der Waals surface area contributed by atoms with Gasteiger partial charge in [0.1, 0.15) is 0 Å². The second kappa shape index (κ2) is 3.91. The molecule has 0 atom stereocenters. The first-order valence-electron chi connectivity index (χ1n) is 4.12. The Morgan fingerprint density at radius 2 is 2.07 bits per heavy atom. The van der Waals surface area contributed by atoms with Gasteiger partial charge < -0.3 is 10.8 Å². The number of hydrogen-bond acceptors (Lipinski definition) is 3. The van der Waals surface area contributed by atoms with Crippen molar-refractivity contribution in [2.75, 3.05) is 5.73 Å². The SMILES string of the molecule is CC(=O)c1ccc(CC(=O)O)c(N)c1. The summed E-state index contributed by atoms with van der Waals surface area (Å²) in [6.07, 6.45) is -0.121. The molecule has 0 amide bonds. The molecule has 0 aliphatic rings. The average molecular weight is 193 g/mol. The van der Waals surface area contributed by atoms with Crippen LogP contribution in [0.4, 0.5) is 5.69 Å². The van der Waals surface area contributed by atoms with Crippen LogP contribution < -0.4 is 5.73 Å². The van der Waals surface area contributed by atoms with Crippen molar-refractivity contribution >= 4 is 17.4 Å². The van der Waals surface area contributed by atoms with Crippen molar-refractivity contribution in [1.82, 2.24) is 0 Å². The van der Waals surface area contributed by atoms with Gasteiger partial charge in [-0.25, -0.2) is 0 Å². The van der Waals surface area contributed by atoms with Crippen molar-refractivity contribution in [2.45, 2.75) is 13.3 Å². The highest BCUT2D eigenvalue weighted by Crippen LogP contribution is 2.15. The molecular weight excluding hydrogens is 182 g/mol. The minimum Gasteiger partial charge on any atom is -0.481 e. The van der Waals surface area contributed by atoms with Gasteiger partial charge in [0.05, 0.1) is 6.42 Å². The molecule has 0 heterocycles. The maximum Gasteiger partial charge on any atom is 0.307 e. The van der Waals surface area contributed by atoms with Crippen LogP contribution in [0.5, 0.6) is 0 Å². The van der Waals surface area contributed by atoms with Gasteiger partial charge in [0.2, 0.25) is 0 Å². The summed E-state index contributed by atoms with van der Waals surface area (Å²) in [5.74, 6) is -1.02. The molecule has 0 saturated carbocycles. The van der Waals surface area contributed by atoms with E-state index in [0.717, 1.165) is 0 Å². The lowest BCUT2D eigenvalue weighted by atomic mass is 10.0. The molecule has 0 radical (unpaired) electrons. The van der Waals surface area contributed by atoms with E-state index in [1.807, 2.05) is 0 Å². The Hall–Kier alpha value is -1.84. The molecule has 0 saturated heterocycles. The molecule has 0 spiro atoms. The molecule has 1 rings (SSSR count). The standard InChI is InChI=1S/C10H11NO3/c1-6(12)7-2-3-8(5-10(13)14)9(11)4-7/h2-4H,5,11H2,1H3,(H,13,14). The summed E-state index contributed by atoms with van der Waals surface area (Å²) in [6.45, 7) is 1.44. The summed E-state index contributed by atoms with van der Waals surface area (Å²) in [5.41, 5.74) is 6.97. The van der Waals surface area contributed by atoms with Crippen LogP contribution in [-0.4, -0.2) is 16.9 Å². The Kier molecular flexibility index (Phi) is 2.86. The quantitative estimate of drug-likeness (QED) is 0.556. The van der Waals surface area contributed by atoms with E-state index in [9.17, 15) is 9.59 Å². The number of hydrogen-bond donors (Lipinski definition) is 2. The Morgan fingerprint density at radius 3 is 2.50 bits per heavy atom. The number of nitrogens with two attached hydrogens (primary N) is 1. The molecule has 4 nitrogen and oxygen atoms in total. The van der Waals surface area contributed by atoms with E-state index in [0.29, 0.717) is 16.8 Å². The third-order valence-electron chi connectivity index (χ3n) is 1.89. The summed E-state index contributed by atoms with van der Waals surface area (Å²) < 4.78 is 0. The molecule has 14 heavy (non-hydrogen) atoms. The zero-order chi connectivity index (χ0) is 10.7. The van der Waals surface area contributed by atoms with Crippen LogP contribution in [0.15, 0.2) is 18.2 Å². The smallest absolute Gasteiger partial charge is 0.307 e. The van der Waals surface area contributed by atoms with Crippen molar-refractivity contribution in [3.8, 4) is 0 Å². The maximum atomic E-state index is 11.0. The highest BCUT2D eigenvalue weighted by Gasteiger charge is 2.06. The van der Waals surface area contributed by atoms with E-state index in [-0.39, 0.29) is 12.2 Å². The van der Waals surface area contributed by atoms with Crippen LogP contribution >= 0.6 is 0 Å². The van der Waals surface area contributed by atoms with E-state index in [4.69, 9.17) is 10.8 Å². The van der Waals surface area contributed by atoms with Crippen LogP contribution in [0.25, 0.3) is 0 Å². The minimum atomic E-state index is -0.938. The van der Waals surface area contributed by atoms with Crippen LogP contribution in [-0.2, 0) is 11.2 Å². The second-order valence-electron chi connectivity index (χ2n) is 3.04. The number of carboxylic acids is 1. The largest absolute Gasteiger partial charge is 0.481 e. The van der Waals surface area contributed by atoms with Gasteiger partial charge in [-0.2, -0.15) is 0 Å². The molecule has 1 aromatic carbocycles. The van der Waals surface area contributed by atoms with Gasteiger partial charge in [-0.05, 0) is 18.6 Å². The van der Waals surface area contributed by atoms with Crippen molar-refractivity contribution < 1.29 is 14.7 Å². The monoisotopic (exact) mass is 193 g/mol. The highest BCUT2D eigenvalue weighted by molar-refractivity contribution is 5.95. The summed E-state index contributed by atoms with van der Waals surface area (Å²) in [4.78, 5) is 21.4. The first-order chi connectivity index (χ1) is 6.50. The number of Topliss-reactive ketones (excluding diaryl/α,β-unsaturated/α-hetero) is 1. The Morgan fingerprint density at radius 1 is 1.43 bits per heavy atom. The van der Waals surface area contributed by atoms with Gasteiger partial charge in [-0.15, -0.1) is 0 Å². The number of carbonyl (C=O) groups excluding carboxylic acids is 1. The summed E-state index contributed by atoms with van der Waals surface area (Å²) in [5, 5.41) is 8.55. The van der Waals surface area contributed by atoms with E-state index in [1.54, 1.807) is 12.1 Å². The lowest BCUT2D eigenvalue weighted by Gasteiger charge is -2.04. The number of rotatable bonds is 3. The molecule has 0 fully saturated rings. The zero-order valence-corrected chi connectivity index (χ0v) is 7.78. The molecule has 0 aromatic heterocycles. The molecule has 3 N–H and O–H groups in total. The summed E-state index contributed by atoms with van der Waals surface area (Å²) in [7, 11) is 0. The van der Waals surface area contributed by atoms with Crippen molar-refractivity contribution in [2.24, 2.45) is 0 Å². The highest BCUT2D eigenvalue weighted by atomic mass is 16.4. The molecule has 4 heteroatoms. The van der Waals surface area contributed by atoms with Gasteiger partial charge in [0.25, 0.3) is 0 Å². The molecule has 0 aliphatic heterocycles. The average Bonchev–Trinajstić information content (AvgIpc) is 2.07. The molecule has 74 valence electrons. The lowest BCUT2D eigenvalue weighted by Crippen LogP contribution is -2.05. The van der Waals surface area contributed by atoms with Crippen LogP contribution in [0, 0.1) is 0 Å². The summed E-state index contributed by atoms with van der Waals surface area (Å²) in [6, 6.07) is 4.65. The van der Waals surface area contributed by atoms with E-state index < -0.39 is 5.97 Å². The van der Waals surface area contributed by atoms with Gasteiger partial charge in [-0.3, -0.25) is 9.59 Å². The zero-order valence-electron chi connectivity index (χ0n) is 7.78. The third kappa shape index (κ3) is 2.32. The number of carboxylic acid groups (broad SMARTS) is 1. The normalized spacial score (nSPS) is 9.79. The predicted octanol–water partition coefficient (Wildman–Crippen LogP) is 1.10. The third-order valence-corrected chi connectivity index (χ3v) is 1.89. The van der Waals surface area contributed by atoms with E-state index >= 15 is 0 Å². The number of carbonyl (C=O) groups is 2. The maximum absolute atomic E-state index is 11.0. The first kappa shape index (κ1) is 10.2. The summed E-state index contributed by atoms with van der Waals surface area (Å²) >= 11 is 0. The number of ketones is 1. The fourth-order valence-corrected chi connectivity index (χ4v) is 1.14. The number of aliphatic carboxylic acids is 1. The minimum absolute atomic E-state index is 0.0847. The lowest BCUT2D eigenvalue weighted by molar-refractivity contribution is -0.136. The number of benzene rings is 1. The topological polar surface area (TPSA) is 80.4 Å². The second-order valence-corrected chi connectivity index (χ2v) is 3.04. The Bertz CT molecular complexity index is 385.